The number of halogens is 1. The van der Waals surface area contributed by atoms with Crippen LogP contribution in [0.1, 0.15) is 37.7 Å². The Hall–Kier alpha value is -3.14. The highest BCUT2D eigenvalue weighted by Crippen LogP contribution is 2.46. The first-order valence-electron chi connectivity index (χ1n) is 13.7. The number of allylic oxidation sites excluding steroid dienone is 1. The number of aliphatic hydroxyl groups is 1. The normalized spacial score (nSPS) is 25.8. The van der Waals surface area contributed by atoms with E-state index in [0.29, 0.717) is 33.6 Å². The number of likely N-dealkylation sites (tertiary alicyclic amines) is 1. The Bertz CT molecular complexity index is 1410. The Labute approximate surface area is 232 Å². The molecule has 1 aliphatic heterocycles. The minimum absolute atomic E-state index is 0.131. The number of rotatable bonds is 8. The summed E-state index contributed by atoms with van der Waals surface area (Å²) in [6.45, 7) is 4.50. The number of H-pyrrole nitrogens is 1. The Morgan fingerprint density at radius 2 is 2.08 bits per heavy atom. The molecule has 39 heavy (non-hydrogen) atoms. The topological polar surface area (TPSA) is 129 Å². The Morgan fingerprint density at radius 3 is 2.79 bits per heavy atom. The van der Waals surface area contributed by atoms with E-state index in [0.717, 1.165) is 50.2 Å². The molecule has 1 amide bonds. The van der Waals surface area contributed by atoms with Gasteiger partial charge < -0.3 is 30.8 Å². The number of carbonyl (C=O) groups is 1. The zero-order valence-electron chi connectivity index (χ0n) is 22.2. The molecule has 2 aromatic heterocycles. The molecule has 5 atom stereocenters. The van der Waals surface area contributed by atoms with Crippen LogP contribution in [-0.4, -0.2) is 69.8 Å². The quantitative estimate of drug-likeness (QED) is 0.313. The number of nitrogens with one attached hydrogen (secondary N) is 2. The number of anilines is 1. The highest BCUT2D eigenvalue weighted by Gasteiger charge is 2.47. The summed E-state index contributed by atoms with van der Waals surface area (Å²) in [6, 6.07) is 6.18. The molecule has 1 unspecified atom stereocenters. The van der Waals surface area contributed by atoms with Crippen molar-refractivity contribution in [3.8, 4) is 17.1 Å². The van der Waals surface area contributed by atoms with Crippen molar-refractivity contribution in [2.24, 2.45) is 23.5 Å². The molecule has 1 aromatic carbocycles. The van der Waals surface area contributed by atoms with Crippen LogP contribution in [0.5, 0.6) is 5.75 Å². The number of aromatic amines is 1. The second-order valence-corrected chi connectivity index (χ2v) is 11.6. The third-order valence-corrected chi connectivity index (χ3v) is 8.92. The summed E-state index contributed by atoms with van der Waals surface area (Å²) in [7, 11) is 1.67. The van der Waals surface area contributed by atoms with Gasteiger partial charge >= 0.3 is 0 Å². The van der Waals surface area contributed by atoms with Gasteiger partial charge in [0.1, 0.15) is 17.1 Å². The van der Waals surface area contributed by atoms with Gasteiger partial charge in [0, 0.05) is 12.6 Å². The standard InChI is InChI=1S/C29H35ClN6O3/c1-15(37)14-36-9-7-16(8-10-36)17-5-6-20(22(12-17)39-2)28-34-26-25(21(30)13-32-29(26)35-28)33-24-19-4-3-18(11-19)23(24)27(31)38/h3-6,12-13,15-16,18-19,23-24,37H,7-11,14H2,1-2H3,(H2,31,38)(H2,32,33,34,35)/t15?,18-,19+,23+,24-/m1/s1. The monoisotopic (exact) mass is 550 g/mol. The van der Waals surface area contributed by atoms with E-state index in [4.69, 9.17) is 27.1 Å². The van der Waals surface area contributed by atoms with Gasteiger partial charge in [-0.3, -0.25) is 4.79 Å². The number of amides is 1. The second-order valence-electron chi connectivity index (χ2n) is 11.2. The third-order valence-electron chi connectivity index (χ3n) is 8.63. The van der Waals surface area contributed by atoms with Gasteiger partial charge in [-0.05, 0) is 74.7 Å². The molecule has 10 heteroatoms. The molecular weight excluding hydrogens is 516 g/mol. The molecule has 0 spiro atoms. The molecule has 6 rings (SSSR count). The first-order valence-corrected chi connectivity index (χ1v) is 14.1. The first kappa shape index (κ1) is 26.1. The van der Waals surface area contributed by atoms with E-state index >= 15 is 0 Å². The molecule has 1 saturated carbocycles. The van der Waals surface area contributed by atoms with E-state index in [-0.39, 0.29) is 35.8 Å². The lowest BCUT2D eigenvalue weighted by Crippen LogP contribution is -2.41. The smallest absolute Gasteiger partial charge is 0.223 e. The van der Waals surface area contributed by atoms with Crippen LogP contribution in [0, 0.1) is 17.8 Å². The minimum Gasteiger partial charge on any atom is -0.496 e. The minimum atomic E-state index is -0.306. The van der Waals surface area contributed by atoms with Crippen molar-refractivity contribution >= 4 is 34.4 Å². The van der Waals surface area contributed by atoms with Gasteiger partial charge in [0.15, 0.2) is 5.65 Å². The van der Waals surface area contributed by atoms with Gasteiger partial charge in [-0.15, -0.1) is 0 Å². The molecule has 206 valence electrons. The van der Waals surface area contributed by atoms with Crippen LogP contribution in [0.15, 0.2) is 36.5 Å². The number of imidazole rings is 1. The van der Waals surface area contributed by atoms with Crippen LogP contribution >= 0.6 is 11.6 Å². The summed E-state index contributed by atoms with van der Waals surface area (Å²) in [4.78, 5) is 27.2. The van der Waals surface area contributed by atoms with Crippen LogP contribution in [0.4, 0.5) is 5.69 Å². The van der Waals surface area contributed by atoms with E-state index in [1.165, 1.54) is 5.56 Å². The summed E-state index contributed by atoms with van der Waals surface area (Å²) in [5.74, 6) is 1.62. The van der Waals surface area contributed by atoms with Crippen molar-refractivity contribution in [3.63, 3.8) is 0 Å². The second kappa shape index (κ2) is 10.4. The fourth-order valence-electron chi connectivity index (χ4n) is 6.76. The third kappa shape index (κ3) is 4.88. The Balaban J connectivity index is 1.27. The number of benzene rings is 1. The van der Waals surface area contributed by atoms with Crippen molar-refractivity contribution < 1.29 is 14.6 Å². The lowest BCUT2D eigenvalue weighted by molar-refractivity contribution is -0.122. The number of ether oxygens (including phenoxy) is 1. The number of pyridine rings is 1. The van der Waals surface area contributed by atoms with Gasteiger partial charge in [-0.1, -0.05) is 29.8 Å². The van der Waals surface area contributed by atoms with Crippen LogP contribution in [-0.2, 0) is 4.79 Å². The molecule has 2 fully saturated rings. The fraction of sp³-hybridized carbons (Fsp3) is 0.483. The molecule has 3 aliphatic rings. The van der Waals surface area contributed by atoms with Gasteiger partial charge in [0.2, 0.25) is 5.91 Å². The number of nitrogens with zero attached hydrogens (tertiary/aromatic N) is 3. The number of hydrogen-bond donors (Lipinski definition) is 4. The number of fused-ring (bicyclic) bond motifs is 3. The van der Waals surface area contributed by atoms with Crippen LogP contribution in [0.25, 0.3) is 22.6 Å². The molecule has 2 bridgehead atoms. The SMILES string of the molecule is COc1cc(C2CCN(CC(C)O)CC2)ccc1-c1nc2ncc(Cl)c(N[C@H]3[C@@H](C(N)=O)[C@@H]4C=C[C@H]3C4)c2[nH]1. The number of piperidine rings is 1. The predicted molar refractivity (Wildman–Crippen MR) is 152 cm³/mol. The van der Waals surface area contributed by atoms with Crippen molar-refractivity contribution in [1.82, 2.24) is 19.9 Å². The first-order chi connectivity index (χ1) is 18.8. The zero-order chi connectivity index (χ0) is 27.3. The number of aliphatic hydroxyl groups excluding tert-OH is 1. The summed E-state index contributed by atoms with van der Waals surface area (Å²) < 4.78 is 5.81. The number of nitrogens with two attached hydrogens (primary N) is 1. The van der Waals surface area contributed by atoms with Gasteiger partial charge in [0.05, 0.1) is 41.6 Å². The van der Waals surface area contributed by atoms with Crippen molar-refractivity contribution in [3.05, 3.63) is 47.1 Å². The number of primary amides is 1. The average Bonchev–Trinajstić information content (AvgIpc) is 3.65. The van der Waals surface area contributed by atoms with E-state index < -0.39 is 0 Å². The average molecular weight is 551 g/mol. The largest absolute Gasteiger partial charge is 0.496 e. The molecule has 3 aromatic rings. The molecular formula is C29H35ClN6O3. The summed E-state index contributed by atoms with van der Waals surface area (Å²) >= 11 is 6.62. The zero-order valence-corrected chi connectivity index (χ0v) is 23.0. The van der Waals surface area contributed by atoms with Crippen molar-refractivity contribution in [2.45, 2.75) is 44.2 Å². The molecule has 1 saturated heterocycles. The van der Waals surface area contributed by atoms with Crippen LogP contribution < -0.4 is 15.8 Å². The Morgan fingerprint density at radius 1 is 1.31 bits per heavy atom. The van der Waals surface area contributed by atoms with Gasteiger partial charge in [-0.25, -0.2) is 9.97 Å². The lowest BCUT2D eigenvalue weighted by atomic mass is 9.88. The lowest BCUT2D eigenvalue weighted by Gasteiger charge is -2.33. The van der Waals surface area contributed by atoms with E-state index in [2.05, 4.69) is 44.5 Å². The molecule has 0 radical (unpaired) electrons. The molecule has 2 aliphatic carbocycles. The Kier molecular flexibility index (Phi) is 6.99. The maximum atomic E-state index is 12.3. The fourth-order valence-corrected chi connectivity index (χ4v) is 6.95. The summed E-state index contributed by atoms with van der Waals surface area (Å²) in [5, 5.41) is 13.7. The van der Waals surface area contributed by atoms with E-state index in [9.17, 15) is 9.90 Å². The van der Waals surface area contributed by atoms with E-state index in [1.807, 2.05) is 13.0 Å². The highest BCUT2D eigenvalue weighted by molar-refractivity contribution is 6.34. The maximum absolute atomic E-state index is 12.3. The molecule has 3 heterocycles. The predicted octanol–water partition coefficient (Wildman–Crippen LogP) is 3.94. The summed E-state index contributed by atoms with van der Waals surface area (Å²) in [5.41, 5.74) is 9.75. The van der Waals surface area contributed by atoms with E-state index in [1.54, 1.807) is 13.3 Å². The number of hydrogen-bond acceptors (Lipinski definition) is 7. The highest BCUT2D eigenvalue weighted by atomic mass is 35.5. The molecule has 5 N–H and O–H groups in total. The number of carbonyl (C=O) groups excluding carboxylic acids is 1. The van der Waals surface area contributed by atoms with Crippen LogP contribution in [0.2, 0.25) is 5.02 Å². The maximum Gasteiger partial charge on any atom is 0.223 e. The number of aromatic nitrogens is 3. The van der Waals surface area contributed by atoms with Crippen molar-refractivity contribution in [2.75, 3.05) is 32.1 Å². The summed E-state index contributed by atoms with van der Waals surface area (Å²) in [6.07, 6.45) is 8.54. The number of β-amino-alcohol motifs (C(OH)–C–C–N with tert-alkyl or cyclic N) is 1. The van der Waals surface area contributed by atoms with Crippen molar-refractivity contribution in [1.29, 1.82) is 0 Å². The van der Waals surface area contributed by atoms with Crippen LogP contribution in [0.3, 0.4) is 0 Å². The van der Waals surface area contributed by atoms with Gasteiger partial charge in [0.25, 0.3) is 0 Å². The number of methoxy groups -OCH3 is 1. The van der Waals surface area contributed by atoms with Gasteiger partial charge in [-0.2, -0.15) is 0 Å². The molecule has 9 nitrogen and oxygen atoms in total.